The lowest BCUT2D eigenvalue weighted by molar-refractivity contribution is 0.0601. The monoisotopic (exact) mass is 364 g/mol. The Bertz CT molecular complexity index is 794. The van der Waals surface area contributed by atoms with Crippen LogP contribution < -0.4 is 10.6 Å². The van der Waals surface area contributed by atoms with Crippen molar-refractivity contribution in [3.05, 3.63) is 33.5 Å². The fraction of sp³-hybridized carbons (Fsp3) is 0.438. The van der Waals surface area contributed by atoms with Gasteiger partial charge in [0.15, 0.2) is 5.11 Å². The minimum atomic E-state index is -0.303. The molecule has 24 heavy (non-hydrogen) atoms. The summed E-state index contributed by atoms with van der Waals surface area (Å²) in [5, 5.41) is 11.8. The second-order valence-corrected chi connectivity index (χ2v) is 7.25. The van der Waals surface area contributed by atoms with Crippen LogP contribution in [-0.4, -0.2) is 28.0 Å². The van der Waals surface area contributed by atoms with Crippen molar-refractivity contribution in [1.29, 1.82) is 0 Å². The van der Waals surface area contributed by atoms with E-state index in [0.717, 1.165) is 41.1 Å². The molecule has 0 spiro atoms. The third kappa shape index (κ3) is 3.16. The summed E-state index contributed by atoms with van der Waals surface area (Å²) in [5.41, 5.74) is 3.93. The number of thiophene rings is 1. The molecule has 2 aromatic rings. The molecule has 0 saturated heterocycles. The molecule has 2 heterocycles. The highest BCUT2D eigenvalue weighted by Gasteiger charge is 2.27. The maximum atomic E-state index is 12.1. The predicted octanol–water partition coefficient (Wildman–Crippen LogP) is 2.55. The van der Waals surface area contributed by atoms with Gasteiger partial charge in [-0.3, -0.25) is 4.68 Å². The van der Waals surface area contributed by atoms with E-state index in [1.165, 1.54) is 12.0 Å². The van der Waals surface area contributed by atoms with Crippen LogP contribution in [0.25, 0.3) is 0 Å². The number of nitrogens with zero attached hydrogens (tertiary/aromatic N) is 2. The normalized spacial score (nSPS) is 12.8. The minimum absolute atomic E-state index is 0.303. The number of esters is 1. The van der Waals surface area contributed by atoms with E-state index in [0.29, 0.717) is 17.2 Å². The van der Waals surface area contributed by atoms with Crippen molar-refractivity contribution in [2.24, 2.45) is 7.05 Å². The van der Waals surface area contributed by atoms with Crippen LogP contribution in [0.1, 0.15) is 38.5 Å². The number of hydrogen-bond acceptors (Lipinski definition) is 5. The van der Waals surface area contributed by atoms with E-state index in [4.69, 9.17) is 17.0 Å². The molecule has 128 valence electrons. The van der Waals surface area contributed by atoms with Gasteiger partial charge >= 0.3 is 5.97 Å². The molecule has 0 bridgehead atoms. The van der Waals surface area contributed by atoms with Gasteiger partial charge in [0.2, 0.25) is 0 Å². The van der Waals surface area contributed by atoms with Gasteiger partial charge in [0, 0.05) is 29.7 Å². The van der Waals surface area contributed by atoms with Gasteiger partial charge in [0.1, 0.15) is 5.00 Å². The average molecular weight is 364 g/mol. The number of carbonyl (C=O) groups excluding carboxylic acids is 1. The van der Waals surface area contributed by atoms with E-state index in [2.05, 4.69) is 15.7 Å². The van der Waals surface area contributed by atoms with Crippen LogP contribution >= 0.6 is 23.6 Å². The van der Waals surface area contributed by atoms with E-state index in [1.54, 1.807) is 11.3 Å². The van der Waals surface area contributed by atoms with Crippen LogP contribution in [0, 0.1) is 6.92 Å². The van der Waals surface area contributed by atoms with Gasteiger partial charge in [-0.05, 0) is 44.0 Å². The highest BCUT2D eigenvalue weighted by Crippen LogP contribution is 2.39. The predicted molar refractivity (Wildman–Crippen MR) is 98.7 cm³/mol. The van der Waals surface area contributed by atoms with E-state index in [9.17, 15) is 4.79 Å². The fourth-order valence-corrected chi connectivity index (χ4v) is 4.37. The van der Waals surface area contributed by atoms with Gasteiger partial charge < -0.3 is 15.4 Å². The zero-order valence-electron chi connectivity index (χ0n) is 13.9. The molecule has 0 unspecified atom stereocenters. The van der Waals surface area contributed by atoms with Gasteiger partial charge in [0.25, 0.3) is 0 Å². The minimum Gasteiger partial charge on any atom is -0.465 e. The summed E-state index contributed by atoms with van der Waals surface area (Å²) in [4.78, 5) is 13.4. The Labute approximate surface area is 150 Å². The highest BCUT2D eigenvalue weighted by molar-refractivity contribution is 7.80. The number of methoxy groups -OCH3 is 1. The number of carbonyl (C=O) groups is 1. The average Bonchev–Trinajstić information content (AvgIpc) is 3.21. The molecule has 2 aromatic heterocycles. The maximum absolute atomic E-state index is 12.1. The number of aromatic nitrogens is 2. The number of ether oxygens (including phenoxy) is 1. The number of hydrogen-bond donors (Lipinski definition) is 2. The van der Waals surface area contributed by atoms with Gasteiger partial charge in [-0.1, -0.05) is 0 Å². The molecule has 0 amide bonds. The molecule has 2 N–H and O–H groups in total. The van der Waals surface area contributed by atoms with Crippen LogP contribution in [0.2, 0.25) is 0 Å². The number of aryl methyl sites for hydroxylation is 2. The standard InChI is InChI=1S/C16H20N4O2S2/c1-9-10(8-18-20(9)2)7-17-16(23)19-14-13(15(21)22-3)11-5-4-6-12(11)24-14/h8H,4-7H2,1-3H3,(H2,17,19,23). The van der Waals surface area contributed by atoms with Crippen LogP contribution in [0.5, 0.6) is 0 Å². The van der Waals surface area contributed by atoms with E-state index in [1.807, 2.05) is 24.9 Å². The molecule has 0 aliphatic heterocycles. The van der Waals surface area contributed by atoms with Gasteiger partial charge in [-0.15, -0.1) is 11.3 Å². The SMILES string of the molecule is COC(=O)c1c(NC(=S)NCc2cnn(C)c2C)sc2c1CCC2. The Morgan fingerprint density at radius 2 is 2.29 bits per heavy atom. The smallest absolute Gasteiger partial charge is 0.341 e. The van der Waals surface area contributed by atoms with Gasteiger partial charge in [-0.25, -0.2) is 4.79 Å². The second-order valence-electron chi connectivity index (χ2n) is 5.74. The molecule has 0 radical (unpaired) electrons. The van der Waals surface area contributed by atoms with Gasteiger partial charge in [0.05, 0.1) is 18.9 Å². The largest absolute Gasteiger partial charge is 0.465 e. The Hall–Kier alpha value is -1.93. The Kier molecular flexibility index (Phi) is 4.86. The van der Waals surface area contributed by atoms with Crippen LogP contribution in [0.15, 0.2) is 6.20 Å². The second kappa shape index (κ2) is 6.90. The molecule has 0 atom stereocenters. The summed E-state index contributed by atoms with van der Waals surface area (Å²) in [7, 11) is 3.32. The summed E-state index contributed by atoms with van der Waals surface area (Å²) in [6.07, 6.45) is 4.85. The summed E-state index contributed by atoms with van der Waals surface area (Å²) < 4.78 is 6.77. The van der Waals surface area contributed by atoms with E-state index in [-0.39, 0.29) is 5.97 Å². The molecular formula is C16H20N4O2S2. The first-order valence-electron chi connectivity index (χ1n) is 7.76. The zero-order chi connectivity index (χ0) is 17.3. The summed E-state index contributed by atoms with van der Waals surface area (Å²) in [5.74, 6) is -0.303. The number of fused-ring (bicyclic) bond motifs is 1. The van der Waals surface area contributed by atoms with Gasteiger partial charge in [-0.2, -0.15) is 5.10 Å². The molecular weight excluding hydrogens is 344 g/mol. The van der Waals surface area contributed by atoms with Crippen LogP contribution in [0.4, 0.5) is 5.00 Å². The van der Waals surface area contributed by atoms with Crippen molar-refractivity contribution < 1.29 is 9.53 Å². The maximum Gasteiger partial charge on any atom is 0.341 e. The first-order valence-corrected chi connectivity index (χ1v) is 8.99. The summed E-state index contributed by atoms with van der Waals surface area (Å²) in [6.45, 7) is 2.60. The summed E-state index contributed by atoms with van der Waals surface area (Å²) in [6, 6.07) is 0. The molecule has 3 rings (SSSR count). The number of thiocarbonyl (C=S) groups is 1. The molecule has 6 nitrogen and oxygen atoms in total. The fourth-order valence-electron chi connectivity index (χ4n) is 2.85. The van der Waals surface area contributed by atoms with E-state index < -0.39 is 0 Å². The number of anilines is 1. The van der Waals surface area contributed by atoms with Crippen molar-refractivity contribution >= 4 is 39.6 Å². The Balaban J connectivity index is 1.70. The molecule has 1 aliphatic carbocycles. The topological polar surface area (TPSA) is 68.2 Å². The first kappa shape index (κ1) is 16.9. The quantitative estimate of drug-likeness (QED) is 0.642. The van der Waals surface area contributed by atoms with Crippen LogP contribution in [-0.2, 0) is 31.2 Å². The molecule has 0 fully saturated rings. The molecule has 8 heteroatoms. The first-order chi connectivity index (χ1) is 11.5. The third-order valence-electron chi connectivity index (χ3n) is 4.31. The van der Waals surface area contributed by atoms with Crippen molar-refractivity contribution in [3.63, 3.8) is 0 Å². The molecule has 0 aromatic carbocycles. The van der Waals surface area contributed by atoms with Crippen molar-refractivity contribution in [2.45, 2.75) is 32.7 Å². The Morgan fingerprint density at radius 1 is 1.50 bits per heavy atom. The van der Waals surface area contributed by atoms with Crippen molar-refractivity contribution in [3.8, 4) is 0 Å². The van der Waals surface area contributed by atoms with E-state index >= 15 is 0 Å². The third-order valence-corrected chi connectivity index (χ3v) is 5.77. The van der Waals surface area contributed by atoms with Crippen LogP contribution in [0.3, 0.4) is 0 Å². The lowest BCUT2D eigenvalue weighted by Gasteiger charge is -2.11. The lowest BCUT2D eigenvalue weighted by atomic mass is 10.1. The van der Waals surface area contributed by atoms with Crippen molar-refractivity contribution in [1.82, 2.24) is 15.1 Å². The molecule has 1 aliphatic rings. The van der Waals surface area contributed by atoms with Crippen molar-refractivity contribution in [2.75, 3.05) is 12.4 Å². The summed E-state index contributed by atoms with van der Waals surface area (Å²) >= 11 is 6.97. The lowest BCUT2D eigenvalue weighted by Crippen LogP contribution is -2.28. The zero-order valence-corrected chi connectivity index (χ0v) is 15.6. The Morgan fingerprint density at radius 3 is 2.96 bits per heavy atom. The number of rotatable bonds is 4. The molecule has 0 saturated carbocycles. The highest BCUT2D eigenvalue weighted by atomic mass is 32.1. The number of nitrogens with one attached hydrogen (secondary N) is 2.